The molecule has 0 amide bonds. The first-order valence-electron chi connectivity index (χ1n) is 9.92. The van der Waals surface area contributed by atoms with Gasteiger partial charge in [-0.3, -0.25) is 4.79 Å². The van der Waals surface area contributed by atoms with E-state index in [0.29, 0.717) is 24.5 Å². The Bertz CT molecular complexity index is 1160. The highest BCUT2D eigenvalue weighted by atomic mass is 35.5. The number of methoxy groups -OCH3 is 1. The number of nitrogens with two attached hydrogens (primary N) is 1. The number of anilines is 1. The highest BCUT2D eigenvalue weighted by Gasteiger charge is 2.41. The van der Waals surface area contributed by atoms with E-state index in [1.165, 1.54) is 11.7 Å². The average molecular weight is 454 g/mol. The number of halogens is 3. The Labute approximate surface area is 181 Å². The van der Waals surface area contributed by atoms with E-state index in [1.54, 1.807) is 4.90 Å². The summed E-state index contributed by atoms with van der Waals surface area (Å²) < 4.78 is 36.2. The molecule has 2 aliphatic rings. The summed E-state index contributed by atoms with van der Waals surface area (Å²) in [7, 11) is 1.34. The molecule has 2 heterocycles. The van der Waals surface area contributed by atoms with Gasteiger partial charge in [0.05, 0.1) is 24.1 Å². The number of nitrogens with zero attached hydrogens (tertiary/aromatic N) is 2. The van der Waals surface area contributed by atoms with Crippen molar-refractivity contribution >= 4 is 34.2 Å². The monoisotopic (exact) mass is 453 g/mol. The number of alkyl halides is 1. The van der Waals surface area contributed by atoms with Gasteiger partial charge in [-0.2, -0.15) is 0 Å². The fraction of sp³-hybridized carbons (Fsp3) is 0.429. The van der Waals surface area contributed by atoms with Crippen LogP contribution in [0.4, 0.5) is 14.5 Å². The Kier molecular flexibility index (Phi) is 5.65. The molecule has 166 valence electrons. The minimum atomic E-state index is -1.46. The lowest BCUT2D eigenvalue weighted by Crippen LogP contribution is -2.33. The van der Waals surface area contributed by atoms with Gasteiger partial charge >= 0.3 is 5.97 Å². The molecule has 1 aromatic carbocycles. The van der Waals surface area contributed by atoms with Gasteiger partial charge in [-0.05, 0) is 24.5 Å². The summed E-state index contributed by atoms with van der Waals surface area (Å²) in [5.41, 5.74) is 5.46. The van der Waals surface area contributed by atoms with Gasteiger partial charge in [-0.1, -0.05) is 11.6 Å². The Morgan fingerprint density at radius 2 is 2.16 bits per heavy atom. The largest absolute Gasteiger partial charge is 0.492 e. The van der Waals surface area contributed by atoms with Gasteiger partial charge in [-0.25, -0.2) is 13.6 Å². The van der Waals surface area contributed by atoms with Gasteiger partial charge in [0.25, 0.3) is 0 Å². The lowest BCUT2D eigenvalue weighted by atomic mass is 10.0. The fourth-order valence-electron chi connectivity index (χ4n) is 4.21. The minimum absolute atomic E-state index is 0.0632. The van der Waals surface area contributed by atoms with E-state index in [9.17, 15) is 19.1 Å². The zero-order chi connectivity index (χ0) is 22.4. The van der Waals surface area contributed by atoms with Crippen molar-refractivity contribution in [3.8, 4) is 5.75 Å². The van der Waals surface area contributed by atoms with Crippen molar-refractivity contribution in [3.63, 3.8) is 0 Å². The number of piperidine rings is 1. The Morgan fingerprint density at radius 3 is 2.74 bits per heavy atom. The van der Waals surface area contributed by atoms with Gasteiger partial charge in [-0.15, -0.1) is 0 Å². The minimum Gasteiger partial charge on any atom is -0.492 e. The molecule has 4 rings (SSSR count). The van der Waals surface area contributed by atoms with Crippen LogP contribution in [0, 0.1) is 5.82 Å². The number of carbonyl (C=O) groups is 1. The van der Waals surface area contributed by atoms with E-state index < -0.39 is 35.0 Å². The summed E-state index contributed by atoms with van der Waals surface area (Å²) in [4.78, 5) is 26.1. The smallest absolute Gasteiger partial charge is 0.341 e. The molecule has 2 atom stereocenters. The van der Waals surface area contributed by atoms with Crippen molar-refractivity contribution in [2.45, 2.75) is 31.5 Å². The van der Waals surface area contributed by atoms with Crippen LogP contribution in [-0.2, 0) is 0 Å². The van der Waals surface area contributed by atoms with Crippen molar-refractivity contribution in [3.05, 3.63) is 44.5 Å². The van der Waals surface area contributed by atoms with E-state index in [0.717, 1.165) is 24.3 Å². The molecule has 31 heavy (non-hydrogen) atoms. The number of carboxylic acids is 1. The van der Waals surface area contributed by atoms with Gasteiger partial charge in [0.15, 0.2) is 11.6 Å². The standard InChI is InChI=1S/C21H22ClF2N3O4/c1-31-20-17-11(19(28)12(21(29)30)9-27(17)16-6-14(16)23)5-15(24)18(20)26-4-2-3-10(8-26)13(22)7-25/h5,9,14,16H,2-4,6-8,25H2,1H3,(H,29,30)/b13-10-/t14-,16?/m0/s1. The molecular formula is C21H22ClF2N3O4. The van der Waals surface area contributed by atoms with Crippen LogP contribution in [-0.4, -0.2) is 48.6 Å². The number of hydrogen-bond acceptors (Lipinski definition) is 5. The second-order valence-corrected chi connectivity index (χ2v) is 8.23. The molecule has 0 radical (unpaired) electrons. The molecule has 1 aliphatic heterocycles. The highest BCUT2D eigenvalue weighted by molar-refractivity contribution is 6.30. The number of pyridine rings is 1. The maximum absolute atomic E-state index is 15.3. The van der Waals surface area contributed by atoms with Crippen molar-refractivity contribution in [2.75, 3.05) is 31.6 Å². The number of carboxylic acid groups (broad SMARTS) is 1. The van der Waals surface area contributed by atoms with Crippen LogP contribution in [0.5, 0.6) is 5.75 Å². The molecule has 0 bridgehead atoms. The predicted molar refractivity (Wildman–Crippen MR) is 114 cm³/mol. The van der Waals surface area contributed by atoms with Gasteiger partial charge in [0.2, 0.25) is 5.43 Å². The van der Waals surface area contributed by atoms with Gasteiger partial charge in [0, 0.05) is 37.3 Å². The SMILES string of the molecule is COc1c(N2CCC/C(=C(/Cl)CN)C2)c(F)cc2c(=O)c(C(=O)O)cn(C3C[C@@H]3F)c12. The number of fused-ring (bicyclic) bond motifs is 1. The number of rotatable bonds is 5. The van der Waals surface area contributed by atoms with Crippen LogP contribution >= 0.6 is 11.6 Å². The Balaban J connectivity index is 1.98. The van der Waals surface area contributed by atoms with Crippen LogP contribution < -0.4 is 20.8 Å². The Morgan fingerprint density at radius 1 is 1.45 bits per heavy atom. The number of aromatic carboxylic acids is 1. The maximum atomic E-state index is 15.3. The first kappa shape index (κ1) is 21.6. The highest BCUT2D eigenvalue weighted by Crippen LogP contribution is 2.45. The normalized spacial score (nSPS) is 22.5. The fourth-order valence-corrected chi connectivity index (χ4v) is 4.37. The van der Waals surface area contributed by atoms with Crippen molar-refractivity contribution in [1.82, 2.24) is 4.57 Å². The van der Waals surface area contributed by atoms with Crippen LogP contribution in [0.25, 0.3) is 10.9 Å². The topological polar surface area (TPSA) is 97.8 Å². The second kappa shape index (κ2) is 8.12. The molecule has 7 nitrogen and oxygen atoms in total. The third-order valence-corrected chi connectivity index (χ3v) is 6.26. The van der Waals surface area contributed by atoms with Crippen LogP contribution in [0.2, 0.25) is 0 Å². The number of hydrogen-bond donors (Lipinski definition) is 2. The summed E-state index contributed by atoms with van der Waals surface area (Å²) in [6, 6.07) is 0.369. The van der Waals surface area contributed by atoms with E-state index >= 15 is 4.39 Å². The summed E-state index contributed by atoms with van der Waals surface area (Å²) >= 11 is 6.22. The van der Waals surface area contributed by atoms with E-state index in [2.05, 4.69) is 0 Å². The molecule has 0 spiro atoms. The van der Waals surface area contributed by atoms with E-state index in [-0.39, 0.29) is 35.3 Å². The van der Waals surface area contributed by atoms with Gasteiger partial charge in [0.1, 0.15) is 17.4 Å². The molecule has 1 saturated heterocycles. The van der Waals surface area contributed by atoms with E-state index in [1.807, 2.05) is 0 Å². The lowest BCUT2D eigenvalue weighted by Gasteiger charge is -2.33. The van der Waals surface area contributed by atoms with Crippen LogP contribution in [0.15, 0.2) is 27.7 Å². The zero-order valence-corrected chi connectivity index (χ0v) is 17.6. The zero-order valence-electron chi connectivity index (χ0n) is 16.8. The molecule has 3 N–H and O–H groups in total. The van der Waals surface area contributed by atoms with Crippen molar-refractivity contribution in [1.29, 1.82) is 0 Å². The van der Waals surface area contributed by atoms with Gasteiger partial charge < -0.3 is 25.0 Å². The molecule has 2 aromatic rings. The number of aromatic nitrogens is 1. The Hall–Kier alpha value is -2.65. The number of benzene rings is 1. The molecule has 2 fully saturated rings. The number of ether oxygens (including phenoxy) is 1. The maximum Gasteiger partial charge on any atom is 0.341 e. The van der Waals surface area contributed by atoms with Crippen LogP contribution in [0.1, 0.15) is 35.7 Å². The molecule has 10 heteroatoms. The van der Waals surface area contributed by atoms with Crippen LogP contribution in [0.3, 0.4) is 0 Å². The van der Waals surface area contributed by atoms with Crippen molar-refractivity contribution < 1.29 is 23.4 Å². The summed E-state index contributed by atoms with van der Waals surface area (Å²) in [6.45, 7) is 1.03. The molecular weight excluding hydrogens is 432 g/mol. The first-order valence-corrected chi connectivity index (χ1v) is 10.3. The molecule has 1 aliphatic carbocycles. The summed E-state index contributed by atoms with van der Waals surface area (Å²) in [6.07, 6.45) is 1.57. The van der Waals surface area contributed by atoms with E-state index in [4.69, 9.17) is 22.1 Å². The summed E-state index contributed by atoms with van der Waals surface area (Å²) in [5, 5.41) is 9.77. The van der Waals surface area contributed by atoms with Crippen molar-refractivity contribution in [2.24, 2.45) is 5.73 Å². The molecule has 1 unspecified atom stereocenters. The predicted octanol–water partition coefficient (Wildman–Crippen LogP) is 3.18. The quantitative estimate of drug-likeness (QED) is 0.721. The average Bonchev–Trinajstić information content (AvgIpc) is 3.48. The second-order valence-electron chi connectivity index (χ2n) is 7.78. The molecule has 1 saturated carbocycles. The molecule has 1 aromatic heterocycles. The lowest BCUT2D eigenvalue weighted by molar-refractivity contribution is 0.0694. The third-order valence-electron chi connectivity index (χ3n) is 5.84. The third kappa shape index (κ3) is 3.65. The summed E-state index contributed by atoms with van der Waals surface area (Å²) in [5.74, 6) is -2.12. The first-order chi connectivity index (χ1) is 14.8.